The highest BCUT2D eigenvalue weighted by Gasteiger charge is 2.24. The molecule has 2 aliphatic rings. The SMILES string of the molecule is CC1CCN(CC(=O)Nc2ccc3c(c2)OCO3)CC1N. The summed E-state index contributed by atoms with van der Waals surface area (Å²) in [6.45, 7) is 4.46. The Labute approximate surface area is 124 Å². The Morgan fingerprint density at radius 3 is 3.05 bits per heavy atom. The van der Waals surface area contributed by atoms with Crippen LogP contribution in [-0.4, -0.2) is 43.3 Å². The number of hydrogen-bond donors (Lipinski definition) is 2. The molecule has 0 aliphatic carbocycles. The van der Waals surface area contributed by atoms with Crippen molar-refractivity contribution in [1.29, 1.82) is 0 Å². The molecule has 0 radical (unpaired) electrons. The van der Waals surface area contributed by atoms with Crippen LogP contribution in [0.15, 0.2) is 18.2 Å². The van der Waals surface area contributed by atoms with Crippen LogP contribution >= 0.6 is 0 Å². The van der Waals surface area contributed by atoms with E-state index in [4.69, 9.17) is 15.2 Å². The third-order valence-electron chi connectivity index (χ3n) is 4.12. The Hall–Kier alpha value is -1.79. The van der Waals surface area contributed by atoms with E-state index in [1.165, 1.54) is 0 Å². The van der Waals surface area contributed by atoms with Crippen molar-refractivity contribution in [1.82, 2.24) is 4.90 Å². The number of piperidine rings is 1. The second-order valence-corrected chi connectivity index (χ2v) is 5.78. The summed E-state index contributed by atoms with van der Waals surface area (Å²) in [4.78, 5) is 14.2. The molecule has 1 aromatic carbocycles. The molecule has 0 saturated carbocycles. The summed E-state index contributed by atoms with van der Waals surface area (Å²) < 4.78 is 10.5. The van der Waals surface area contributed by atoms with E-state index in [0.717, 1.165) is 25.2 Å². The normalized spacial score (nSPS) is 24.9. The van der Waals surface area contributed by atoms with Gasteiger partial charge in [-0.1, -0.05) is 6.92 Å². The van der Waals surface area contributed by atoms with Gasteiger partial charge in [-0.25, -0.2) is 0 Å². The van der Waals surface area contributed by atoms with Gasteiger partial charge in [0.05, 0.1) is 6.54 Å². The number of anilines is 1. The molecule has 1 saturated heterocycles. The highest BCUT2D eigenvalue weighted by molar-refractivity contribution is 5.92. The standard InChI is InChI=1S/C15H21N3O3/c1-10-4-5-18(7-12(10)16)8-15(19)17-11-2-3-13-14(6-11)21-9-20-13/h2-3,6,10,12H,4-5,7-9,16H2,1H3,(H,17,19). The molecular formula is C15H21N3O3. The van der Waals surface area contributed by atoms with Gasteiger partial charge in [-0.2, -0.15) is 0 Å². The van der Waals surface area contributed by atoms with Crippen LogP contribution in [-0.2, 0) is 4.79 Å². The minimum Gasteiger partial charge on any atom is -0.454 e. The zero-order valence-electron chi connectivity index (χ0n) is 12.2. The van der Waals surface area contributed by atoms with Gasteiger partial charge in [-0.3, -0.25) is 9.69 Å². The quantitative estimate of drug-likeness (QED) is 0.869. The number of nitrogens with one attached hydrogen (secondary N) is 1. The smallest absolute Gasteiger partial charge is 0.238 e. The summed E-state index contributed by atoms with van der Waals surface area (Å²) in [6, 6.07) is 5.55. The molecule has 21 heavy (non-hydrogen) atoms. The number of carbonyl (C=O) groups is 1. The van der Waals surface area contributed by atoms with Gasteiger partial charge < -0.3 is 20.5 Å². The van der Waals surface area contributed by atoms with Crippen molar-refractivity contribution in [2.75, 3.05) is 31.7 Å². The summed E-state index contributed by atoms with van der Waals surface area (Å²) >= 11 is 0. The Kier molecular flexibility index (Phi) is 3.98. The number of rotatable bonds is 3. The first-order valence-electron chi connectivity index (χ1n) is 7.29. The number of carbonyl (C=O) groups excluding carboxylic acids is 1. The molecular weight excluding hydrogens is 270 g/mol. The van der Waals surface area contributed by atoms with E-state index in [0.29, 0.717) is 24.0 Å². The molecule has 1 fully saturated rings. The van der Waals surface area contributed by atoms with E-state index in [1.54, 1.807) is 12.1 Å². The second kappa shape index (κ2) is 5.91. The minimum atomic E-state index is -0.0318. The van der Waals surface area contributed by atoms with Crippen molar-refractivity contribution in [3.63, 3.8) is 0 Å². The molecule has 0 spiro atoms. The number of nitrogens with two attached hydrogens (primary N) is 1. The van der Waals surface area contributed by atoms with E-state index in [9.17, 15) is 4.79 Å². The summed E-state index contributed by atoms with van der Waals surface area (Å²) in [7, 11) is 0. The minimum absolute atomic E-state index is 0.0318. The fourth-order valence-corrected chi connectivity index (χ4v) is 2.69. The average Bonchev–Trinajstić information content (AvgIpc) is 2.90. The molecule has 6 nitrogen and oxygen atoms in total. The molecule has 1 aromatic rings. The number of hydrogen-bond acceptors (Lipinski definition) is 5. The zero-order valence-corrected chi connectivity index (χ0v) is 12.2. The second-order valence-electron chi connectivity index (χ2n) is 5.78. The van der Waals surface area contributed by atoms with Gasteiger partial charge in [-0.15, -0.1) is 0 Å². The number of nitrogens with zero attached hydrogens (tertiary/aromatic N) is 1. The lowest BCUT2D eigenvalue weighted by Crippen LogP contribution is -2.49. The van der Waals surface area contributed by atoms with Gasteiger partial charge in [0.15, 0.2) is 11.5 Å². The largest absolute Gasteiger partial charge is 0.454 e. The fourth-order valence-electron chi connectivity index (χ4n) is 2.69. The van der Waals surface area contributed by atoms with Crippen LogP contribution in [0.3, 0.4) is 0 Å². The molecule has 1 amide bonds. The maximum atomic E-state index is 12.1. The van der Waals surface area contributed by atoms with Gasteiger partial charge >= 0.3 is 0 Å². The maximum Gasteiger partial charge on any atom is 0.238 e. The molecule has 3 rings (SSSR count). The van der Waals surface area contributed by atoms with Crippen molar-refractivity contribution in [2.45, 2.75) is 19.4 Å². The van der Waals surface area contributed by atoms with Gasteiger partial charge in [0.2, 0.25) is 12.7 Å². The molecule has 6 heteroatoms. The van der Waals surface area contributed by atoms with E-state index in [2.05, 4.69) is 17.1 Å². The van der Waals surface area contributed by atoms with Crippen LogP contribution < -0.4 is 20.5 Å². The number of fused-ring (bicyclic) bond motifs is 1. The number of ether oxygens (including phenoxy) is 2. The van der Waals surface area contributed by atoms with Crippen LogP contribution in [0.25, 0.3) is 0 Å². The van der Waals surface area contributed by atoms with E-state index >= 15 is 0 Å². The van der Waals surface area contributed by atoms with E-state index < -0.39 is 0 Å². The maximum absolute atomic E-state index is 12.1. The van der Waals surface area contributed by atoms with E-state index in [1.807, 2.05) is 6.07 Å². The molecule has 2 aliphatic heterocycles. The summed E-state index contributed by atoms with van der Waals surface area (Å²) in [6.07, 6.45) is 1.04. The predicted octanol–water partition coefficient (Wildman–Crippen LogP) is 1.02. The fraction of sp³-hybridized carbons (Fsp3) is 0.533. The lowest BCUT2D eigenvalue weighted by atomic mass is 9.94. The molecule has 2 heterocycles. The molecule has 0 bridgehead atoms. The summed E-state index contributed by atoms with van der Waals surface area (Å²) in [5, 5.41) is 2.89. The summed E-state index contributed by atoms with van der Waals surface area (Å²) in [5.74, 6) is 1.87. The Bertz CT molecular complexity index is 535. The monoisotopic (exact) mass is 291 g/mol. The molecule has 2 unspecified atom stereocenters. The van der Waals surface area contributed by atoms with Crippen LogP contribution in [0.4, 0.5) is 5.69 Å². The van der Waals surface area contributed by atoms with Gasteiger partial charge in [0, 0.05) is 24.3 Å². The first-order valence-corrected chi connectivity index (χ1v) is 7.29. The van der Waals surface area contributed by atoms with Crippen LogP contribution in [0.5, 0.6) is 11.5 Å². The Balaban J connectivity index is 1.54. The number of amides is 1. The third kappa shape index (κ3) is 3.28. The van der Waals surface area contributed by atoms with Gasteiger partial charge in [-0.05, 0) is 31.0 Å². The Morgan fingerprint density at radius 2 is 2.24 bits per heavy atom. The topological polar surface area (TPSA) is 76.8 Å². The molecule has 2 atom stereocenters. The molecule has 3 N–H and O–H groups in total. The van der Waals surface area contributed by atoms with Crippen LogP contribution in [0.2, 0.25) is 0 Å². The predicted molar refractivity (Wildman–Crippen MR) is 79.4 cm³/mol. The van der Waals surface area contributed by atoms with Gasteiger partial charge in [0.25, 0.3) is 0 Å². The lowest BCUT2D eigenvalue weighted by Gasteiger charge is -2.34. The van der Waals surface area contributed by atoms with Crippen molar-refractivity contribution in [3.8, 4) is 11.5 Å². The zero-order chi connectivity index (χ0) is 14.8. The van der Waals surface area contributed by atoms with Crippen molar-refractivity contribution in [2.24, 2.45) is 11.7 Å². The molecule has 0 aromatic heterocycles. The average molecular weight is 291 g/mol. The third-order valence-corrected chi connectivity index (χ3v) is 4.12. The molecule has 114 valence electrons. The highest BCUT2D eigenvalue weighted by atomic mass is 16.7. The van der Waals surface area contributed by atoms with Gasteiger partial charge in [0.1, 0.15) is 0 Å². The van der Waals surface area contributed by atoms with Crippen LogP contribution in [0.1, 0.15) is 13.3 Å². The van der Waals surface area contributed by atoms with E-state index in [-0.39, 0.29) is 18.7 Å². The van der Waals surface area contributed by atoms with Crippen LogP contribution in [0, 0.1) is 5.92 Å². The van der Waals surface area contributed by atoms with Crippen molar-refractivity contribution < 1.29 is 14.3 Å². The van der Waals surface area contributed by atoms with Crippen molar-refractivity contribution in [3.05, 3.63) is 18.2 Å². The summed E-state index contributed by atoms with van der Waals surface area (Å²) in [5.41, 5.74) is 6.78. The number of benzene rings is 1. The Morgan fingerprint density at radius 1 is 1.43 bits per heavy atom. The lowest BCUT2D eigenvalue weighted by molar-refractivity contribution is -0.117. The highest BCUT2D eigenvalue weighted by Crippen LogP contribution is 2.34. The first kappa shape index (κ1) is 14.2. The number of likely N-dealkylation sites (tertiary alicyclic amines) is 1. The first-order chi connectivity index (χ1) is 10.1. The van der Waals surface area contributed by atoms with Crippen molar-refractivity contribution >= 4 is 11.6 Å².